The Morgan fingerprint density at radius 2 is 1.56 bits per heavy atom. The first-order valence-electron chi connectivity index (χ1n) is 15.8. The molecule has 0 spiro atoms. The van der Waals surface area contributed by atoms with Crippen LogP contribution < -0.4 is 9.47 Å². The lowest BCUT2D eigenvalue weighted by Gasteiger charge is -2.21. The largest absolute Gasteiger partial charge is 0.493 e. The van der Waals surface area contributed by atoms with Gasteiger partial charge in [0, 0.05) is 35.6 Å². The van der Waals surface area contributed by atoms with Crippen molar-refractivity contribution in [3.05, 3.63) is 106 Å². The van der Waals surface area contributed by atoms with E-state index in [0.29, 0.717) is 31.6 Å². The SMILES string of the molecule is O=C(O)/C=C/c1c(CCCCCCOc2ccc3c(c2CC=Cc2ccccc2)CCCC3=O)cccc1OCCCC(=O)O. The Morgan fingerprint density at radius 1 is 0.778 bits per heavy atom. The number of ether oxygens (including phenoxy) is 2. The number of fused-ring (bicyclic) bond motifs is 1. The highest BCUT2D eigenvalue weighted by Gasteiger charge is 2.22. The zero-order valence-corrected chi connectivity index (χ0v) is 25.7. The number of aliphatic carboxylic acids is 2. The number of hydrogen-bond acceptors (Lipinski definition) is 5. The van der Waals surface area contributed by atoms with Gasteiger partial charge in [0.2, 0.25) is 0 Å². The summed E-state index contributed by atoms with van der Waals surface area (Å²) < 4.78 is 12.1. The molecule has 0 bridgehead atoms. The fourth-order valence-electron chi connectivity index (χ4n) is 5.65. The van der Waals surface area contributed by atoms with Gasteiger partial charge >= 0.3 is 11.9 Å². The van der Waals surface area contributed by atoms with Crippen molar-refractivity contribution < 1.29 is 34.1 Å². The lowest BCUT2D eigenvalue weighted by atomic mass is 9.86. The minimum atomic E-state index is -1.04. The normalized spacial score (nSPS) is 12.8. The molecule has 0 aliphatic heterocycles. The molecule has 0 unspecified atom stereocenters. The predicted octanol–water partition coefficient (Wildman–Crippen LogP) is 7.98. The van der Waals surface area contributed by atoms with Crippen molar-refractivity contribution >= 4 is 29.9 Å². The number of hydrogen-bond donors (Lipinski definition) is 2. The summed E-state index contributed by atoms with van der Waals surface area (Å²) in [6.45, 7) is 0.837. The maximum Gasteiger partial charge on any atom is 0.328 e. The van der Waals surface area contributed by atoms with Gasteiger partial charge < -0.3 is 19.7 Å². The van der Waals surface area contributed by atoms with Crippen LogP contribution >= 0.6 is 0 Å². The van der Waals surface area contributed by atoms with E-state index in [1.807, 2.05) is 42.5 Å². The number of carbonyl (C=O) groups excluding carboxylic acids is 1. The molecule has 0 saturated heterocycles. The number of rotatable bonds is 18. The molecule has 0 aromatic heterocycles. The first-order valence-corrected chi connectivity index (χ1v) is 15.8. The van der Waals surface area contributed by atoms with E-state index < -0.39 is 11.9 Å². The van der Waals surface area contributed by atoms with Gasteiger partial charge in [0.15, 0.2) is 5.78 Å². The zero-order valence-electron chi connectivity index (χ0n) is 25.7. The molecule has 0 amide bonds. The molecule has 45 heavy (non-hydrogen) atoms. The first kappa shape index (κ1) is 33.2. The van der Waals surface area contributed by atoms with Gasteiger partial charge in [-0.25, -0.2) is 4.79 Å². The van der Waals surface area contributed by atoms with E-state index in [1.54, 1.807) is 12.1 Å². The number of Topliss-reactive ketones (excluding diaryl/α,β-unsaturated/α-hetero) is 1. The molecule has 3 aromatic rings. The van der Waals surface area contributed by atoms with Gasteiger partial charge in [-0.15, -0.1) is 0 Å². The lowest BCUT2D eigenvalue weighted by molar-refractivity contribution is -0.137. The molecule has 7 nitrogen and oxygen atoms in total. The van der Waals surface area contributed by atoms with Gasteiger partial charge in [0.05, 0.1) is 13.2 Å². The highest BCUT2D eigenvalue weighted by atomic mass is 16.5. The van der Waals surface area contributed by atoms with Crippen LogP contribution in [0.3, 0.4) is 0 Å². The summed E-state index contributed by atoms with van der Waals surface area (Å²) in [4.78, 5) is 34.6. The van der Waals surface area contributed by atoms with Gasteiger partial charge in [-0.05, 0) is 85.9 Å². The smallest absolute Gasteiger partial charge is 0.328 e. The number of ketones is 1. The van der Waals surface area contributed by atoms with Crippen molar-refractivity contribution in [2.24, 2.45) is 0 Å². The highest BCUT2D eigenvalue weighted by Crippen LogP contribution is 2.32. The summed E-state index contributed by atoms with van der Waals surface area (Å²) in [5.74, 6) is -0.281. The molecular weight excluding hydrogens is 568 g/mol. The third-order valence-electron chi connectivity index (χ3n) is 7.89. The number of allylic oxidation sites excluding steroid dienone is 1. The van der Waals surface area contributed by atoms with Crippen LogP contribution in [0.15, 0.2) is 72.8 Å². The maximum absolute atomic E-state index is 12.6. The summed E-state index contributed by atoms with van der Waals surface area (Å²) in [5, 5.41) is 18.0. The van der Waals surface area contributed by atoms with Gasteiger partial charge in [-0.1, -0.05) is 67.5 Å². The van der Waals surface area contributed by atoms with E-state index >= 15 is 0 Å². The predicted molar refractivity (Wildman–Crippen MR) is 176 cm³/mol. The summed E-state index contributed by atoms with van der Waals surface area (Å²) in [6.07, 6.45) is 14.9. The fraction of sp³-hybridized carbons (Fsp3) is 0.342. The number of carboxylic acids is 2. The summed E-state index contributed by atoms with van der Waals surface area (Å²) in [6, 6.07) is 19.7. The van der Waals surface area contributed by atoms with Crippen LogP contribution in [0.4, 0.5) is 0 Å². The van der Waals surface area contributed by atoms with E-state index in [2.05, 4.69) is 24.3 Å². The molecule has 0 heterocycles. The fourth-order valence-corrected chi connectivity index (χ4v) is 5.65. The Kier molecular flexibility index (Phi) is 13.0. The Hall–Kier alpha value is -4.65. The van der Waals surface area contributed by atoms with Crippen molar-refractivity contribution in [2.45, 2.75) is 70.6 Å². The van der Waals surface area contributed by atoms with Crippen LogP contribution in [0, 0.1) is 0 Å². The van der Waals surface area contributed by atoms with Gasteiger partial charge in [-0.2, -0.15) is 0 Å². The van der Waals surface area contributed by atoms with Crippen molar-refractivity contribution in [1.82, 2.24) is 0 Å². The third-order valence-corrected chi connectivity index (χ3v) is 7.89. The second kappa shape index (κ2) is 17.6. The Balaban J connectivity index is 1.30. The second-order valence-electron chi connectivity index (χ2n) is 11.2. The molecule has 1 aliphatic carbocycles. The van der Waals surface area contributed by atoms with Gasteiger partial charge in [-0.3, -0.25) is 9.59 Å². The molecule has 1 aliphatic rings. The molecule has 0 fully saturated rings. The zero-order chi connectivity index (χ0) is 31.9. The molecule has 0 radical (unpaired) electrons. The standard InChI is InChI=1S/C38H42O7/c39-34-19-10-17-31-32(34)22-24-36(33(31)18-8-14-28-12-4-3-5-13-28)44-26-7-2-1-6-15-29-16-9-20-35(30(29)23-25-38(42)43)45-27-11-21-37(40)41/h3-5,8-9,12-14,16,20,22-25H,1-2,6-7,10-11,15,17-19,21,26-27H2,(H,40,41)(H,42,43)/b14-8?,25-23+. The molecule has 2 N–H and O–H groups in total. The van der Waals surface area contributed by atoms with Gasteiger partial charge in [0.25, 0.3) is 0 Å². The number of carbonyl (C=O) groups is 3. The number of unbranched alkanes of at least 4 members (excludes halogenated alkanes) is 3. The Bertz CT molecular complexity index is 1500. The molecule has 236 valence electrons. The van der Waals surface area contributed by atoms with E-state index in [0.717, 1.165) is 90.2 Å². The van der Waals surface area contributed by atoms with Crippen molar-refractivity contribution in [1.29, 1.82) is 0 Å². The maximum atomic E-state index is 12.6. The van der Waals surface area contributed by atoms with Crippen LogP contribution in [0.1, 0.15) is 89.5 Å². The third kappa shape index (κ3) is 10.5. The quantitative estimate of drug-likeness (QED) is 0.111. The van der Waals surface area contributed by atoms with E-state index in [1.165, 1.54) is 0 Å². The highest BCUT2D eigenvalue weighted by molar-refractivity contribution is 5.99. The molecule has 0 atom stereocenters. The second-order valence-corrected chi connectivity index (χ2v) is 11.2. The Labute approximate surface area is 265 Å². The minimum absolute atomic E-state index is 0.0163. The van der Waals surface area contributed by atoms with Crippen molar-refractivity contribution in [3.63, 3.8) is 0 Å². The van der Waals surface area contributed by atoms with Gasteiger partial charge in [0.1, 0.15) is 11.5 Å². The number of benzene rings is 3. The monoisotopic (exact) mass is 610 g/mol. The Morgan fingerprint density at radius 3 is 2.36 bits per heavy atom. The topological polar surface area (TPSA) is 110 Å². The summed E-state index contributed by atoms with van der Waals surface area (Å²) >= 11 is 0. The summed E-state index contributed by atoms with van der Waals surface area (Å²) in [7, 11) is 0. The van der Waals surface area contributed by atoms with Crippen LogP contribution in [-0.4, -0.2) is 41.1 Å². The average molecular weight is 611 g/mol. The van der Waals surface area contributed by atoms with Crippen molar-refractivity contribution in [3.8, 4) is 11.5 Å². The van der Waals surface area contributed by atoms with Crippen LogP contribution in [0.5, 0.6) is 11.5 Å². The van der Waals surface area contributed by atoms with Crippen LogP contribution in [-0.2, 0) is 28.9 Å². The first-order chi connectivity index (χ1) is 21.9. The van der Waals surface area contributed by atoms with Crippen LogP contribution in [0.25, 0.3) is 12.2 Å². The number of aryl methyl sites for hydroxylation is 1. The summed E-state index contributed by atoms with van der Waals surface area (Å²) in [5.41, 5.74) is 5.93. The van der Waals surface area contributed by atoms with E-state index in [4.69, 9.17) is 19.7 Å². The molecule has 3 aromatic carbocycles. The minimum Gasteiger partial charge on any atom is -0.493 e. The molecular formula is C38H42O7. The lowest BCUT2D eigenvalue weighted by Crippen LogP contribution is -2.14. The molecule has 4 rings (SSSR count). The number of carboxylic acid groups (broad SMARTS) is 2. The van der Waals surface area contributed by atoms with E-state index in [9.17, 15) is 14.4 Å². The molecule has 7 heteroatoms. The molecule has 0 saturated carbocycles. The van der Waals surface area contributed by atoms with Crippen LogP contribution in [0.2, 0.25) is 0 Å². The van der Waals surface area contributed by atoms with E-state index in [-0.39, 0.29) is 18.8 Å². The average Bonchev–Trinajstić information content (AvgIpc) is 3.03. The van der Waals surface area contributed by atoms with Crippen molar-refractivity contribution in [2.75, 3.05) is 13.2 Å².